The van der Waals surface area contributed by atoms with Crippen LogP contribution >= 0.6 is 0 Å². The highest BCUT2D eigenvalue weighted by atomic mass is 32.2. The van der Waals surface area contributed by atoms with Crippen LogP contribution in [0.15, 0.2) is 47.1 Å². The van der Waals surface area contributed by atoms with Gasteiger partial charge in [-0.15, -0.1) is 0 Å². The Balaban J connectivity index is 1.76. The lowest BCUT2D eigenvalue weighted by molar-refractivity contribution is 0.229. The highest BCUT2D eigenvalue weighted by molar-refractivity contribution is 7.89. The summed E-state index contributed by atoms with van der Waals surface area (Å²) in [5.74, 6) is -0.155. The molecule has 152 valence electrons. The summed E-state index contributed by atoms with van der Waals surface area (Å²) in [6.45, 7) is 2.92. The number of anilines is 1. The number of aromatic nitrogens is 2. The topological polar surface area (TPSA) is 112 Å². The first-order valence-corrected chi connectivity index (χ1v) is 10.5. The van der Waals surface area contributed by atoms with Crippen molar-refractivity contribution in [3.05, 3.63) is 53.4 Å². The van der Waals surface area contributed by atoms with Crippen molar-refractivity contribution in [3.63, 3.8) is 0 Å². The molecule has 1 aliphatic rings. The second kappa shape index (κ2) is 6.94. The van der Waals surface area contributed by atoms with Crippen LogP contribution in [0.2, 0.25) is 0 Å². The molecule has 1 aromatic heterocycles. The van der Waals surface area contributed by atoms with E-state index in [4.69, 9.17) is 5.73 Å². The number of nitrogens with one attached hydrogen (secondary N) is 1. The predicted octanol–water partition coefficient (Wildman–Crippen LogP) is 2.65. The fourth-order valence-corrected chi connectivity index (χ4v) is 5.47. The number of nitrogens with zero attached hydrogens (tertiary/aromatic N) is 2. The summed E-state index contributed by atoms with van der Waals surface area (Å²) in [7, 11) is -3.95. The molecule has 0 radical (unpaired) electrons. The van der Waals surface area contributed by atoms with Gasteiger partial charge in [0.1, 0.15) is 5.83 Å². The van der Waals surface area contributed by atoms with E-state index in [2.05, 4.69) is 10.2 Å². The van der Waals surface area contributed by atoms with Gasteiger partial charge in [0.05, 0.1) is 29.6 Å². The van der Waals surface area contributed by atoms with Crippen molar-refractivity contribution in [1.29, 1.82) is 0 Å². The highest BCUT2D eigenvalue weighted by Crippen LogP contribution is 2.35. The lowest BCUT2D eigenvalue weighted by atomic mass is 9.94. The molecule has 0 spiro atoms. The second-order valence-corrected chi connectivity index (χ2v) is 9.05. The minimum Gasteiger partial charge on any atom is -0.394 e. The lowest BCUT2D eigenvalue weighted by Gasteiger charge is -2.22. The van der Waals surface area contributed by atoms with Crippen molar-refractivity contribution in [3.8, 4) is 11.1 Å². The van der Waals surface area contributed by atoms with Gasteiger partial charge in [-0.1, -0.05) is 12.1 Å². The smallest absolute Gasteiger partial charge is 0.244 e. The van der Waals surface area contributed by atoms with E-state index in [9.17, 15) is 17.9 Å². The van der Waals surface area contributed by atoms with Crippen LogP contribution in [0.3, 0.4) is 0 Å². The van der Waals surface area contributed by atoms with Crippen molar-refractivity contribution in [2.45, 2.75) is 24.8 Å². The molecule has 2 aromatic carbocycles. The number of benzene rings is 2. The molecule has 4 N–H and O–H groups in total. The molecule has 0 aliphatic carbocycles. The molecule has 0 saturated carbocycles. The Kier molecular flexibility index (Phi) is 4.68. The molecule has 9 heteroatoms. The summed E-state index contributed by atoms with van der Waals surface area (Å²) in [6.07, 6.45) is 1.13. The molecule has 3 aromatic rings. The van der Waals surface area contributed by atoms with E-state index in [1.165, 1.54) is 6.07 Å². The summed E-state index contributed by atoms with van der Waals surface area (Å²) in [5, 5.41) is 17.2. The van der Waals surface area contributed by atoms with Crippen LogP contribution in [-0.4, -0.2) is 47.2 Å². The van der Waals surface area contributed by atoms with E-state index in [-0.39, 0.29) is 11.4 Å². The fraction of sp³-hybridized carbons (Fsp3) is 0.250. The number of H-pyrrole nitrogens is 1. The third-order valence-electron chi connectivity index (χ3n) is 5.35. The monoisotopic (exact) mass is 416 g/mol. The zero-order valence-corrected chi connectivity index (χ0v) is 16.8. The lowest BCUT2D eigenvalue weighted by Crippen LogP contribution is -2.38. The molecule has 0 fully saturated rings. The van der Waals surface area contributed by atoms with Gasteiger partial charge in [0.25, 0.3) is 0 Å². The van der Waals surface area contributed by atoms with Gasteiger partial charge in [0, 0.05) is 5.39 Å². The van der Waals surface area contributed by atoms with Gasteiger partial charge in [-0.2, -0.15) is 9.40 Å². The van der Waals surface area contributed by atoms with Gasteiger partial charge in [0.15, 0.2) is 5.82 Å². The Morgan fingerprint density at radius 2 is 2.00 bits per heavy atom. The van der Waals surface area contributed by atoms with Gasteiger partial charge in [-0.25, -0.2) is 12.8 Å². The predicted molar refractivity (Wildman–Crippen MR) is 109 cm³/mol. The molecule has 1 unspecified atom stereocenters. The van der Waals surface area contributed by atoms with Crippen molar-refractivity contribution in [1.82, 2.24) is 14.5 Å². The molecular formula is C20H21FN4O3S. The number of sulfonamides is 1. The number of aromatic amines is 1. The van der Waals surface area contributed by atoms with Crippen LogP contribution in [-0.2, 0) is 10.0 Å². The maximum atomic E-state index is 13.6. The number of halogens is 1. The van der Waals surface area contributed by atoms with Crippen LogP contribution in [0.25, 0.3) is 22.0 Å². The summed E-state index contributed by atoms with van der Waals surface area (Å²) in [5.41, 5.74) is 10.3. The maximum absolute atomic E-state index is 13.6. The molecule has 4 rings (SSSR count). The molecule has 0 amide bonds. The molecule has 0 bridgehead atoms. The van der Waals surface area contributed by atoms with E-state index in [0.717, 1.165) is 43.5 Å². The van der Waals surface area contributed by atoms with Gasteiger partial charge in [-0.3, -0.25) is 5.10 Å². The molecule has 2 heterocycles. The number of aryl methyl sites for hydroxylation is 2. The van der Waals surface area contributed by atoms with Gasteiger partial charge < -0.3 is 10.8 Å². The average Bonchev–Trinajstić information content (AvgIpc) is 3.26. The normalized spacial score (nSPS) is 17.8. The summed E-state index contributed by atoms with van der Waals surface area (Å²) >= 11 is 0. The zero-order valence-electron chi connectivity index (χ0n) is 16.0. The minimum absolute atomic E-state index is 0.0573. The number of nitrogens with two attached hydrogens (primary N) is 1. The summed E-state index contributed by atoms with van der Waals surface area (Å²) in [4.78, 5) is 0.0573. The number of hydrogen-bond donors (Lipinski definition) is 3. The minimum atomic E-state index is -3.95. The molecular weight excluding hydrogens is 395 g/mol. The third-order valence-corrected chi connectivity index (χ3v) is 7.22. The van der Waals surface area contributed by atoms with Crippen LogP contribution in [0.1, 0.15) is 11.1 Å². The number of nitrogen functional groups attached to an aromatic ring is 1. The van der Waals surface area contributed by atoms with Crippen molar-refractivity contribution >= 4 is 26.7 Å². The highest BCUT2D eigenvalue weighted by Gasteiger charge is 2.35. The number of hydrogen-bond acceptors (Lipinski definition) is 5. The average molecular weight is 416 g/mol. The molecule has 0 saturated heterocycles. The fourth-order valence-electron chi connectivity index (χ4n) is 3.85. The largest absolute Gasteiger partial charge is 0.394 e. The SMILES string of the molecule is Cc1cc(S(=O)(=O)N2CC(F)=CC2CO)ccc1-c1ccc2[nH]nc(N)c2c1C. The van der Waals surface area contributed by atoms with E-state index < -0.39 is 28.5 Å². The van der Waals surface area contributed by atoms with Crippen LogP contribution in [0.5, 0.6) is 0 Å². The van der Waals surface area contributed by atoms with Gasteiger partial charge >= 0.3 is 0 Å². The van der Waals surface area contributed by atoms with Gasteiger partial charge in [-0.05, 0) is 60.4 Å². The molecule has 29 heavy (non-hydrogen) atoms. The van der Waals surface area contributed by atoms with E-state index in [1.54, 1.807) is 12.1 Å². The van der Waals surface area contributed by atoms with E-state index in [0.29, 0.717) is 5.82 Å². The number of aliphatic hydroxyl groups is 1. The van der Waals surface area contributed by atoms with Crippen molar-refractivity contribution in [2.75, 3.05) is 18.9 Å². The first-order valence-electron chi connectivity index (χ1n) is 9.07. The molecule has 1 aliphatic heterocycles. The van der Waals surface area contributed by atoms with Crippen LogP contribution in [0.4, 0.5) is 10.2 Å². The Morgan fingerprint density at radius 1 is 1.28 bits per heavy atom. The zero-order chi connectivity index (χ0) is 20.9. The maximum Gasteiger partial charge on any atom is 0.244 e. The van der Waals surface area contributed by atoms with E-state index in [1.807, 2.05) is 26.0 Å². The number of aliphatic hydroxyl groups excluding tert-OH is 1. The molecule has 1 atom stereocenters. The van der Waals surface area contributed by atoms with Crippen molar-refractivity contribution < 1.29 is 17.9 Å². The van der Waals surface area contributed by atoms with Crippen LogP contribution < -0.4 is 5.73 Å². The Bertz CT molecular complexity index is 1250. The summed E-state index contributed by atoms with van der Waals surface area (Å²) < 4.78 is 40.6. The standard InChI is InChI=1S/C20H21FN4O3S/c1-11-7-15(29(27,28)25-9-13(21)8-14(25)10-26)3-4-16(11)17-5-6-18-19(12(17)2)20(22)24-23-18/h3-8,14,26H,9-10H2,1-2H3,(H3,22,23,24). The second-order valence-electron chi connectivity index (χ2n) is 7.16. The first kappa shape index (κ1) is 19.6. The Hall–Kier alpha value is -2.75. The number of fused-ring (bicyclic) bond motifs is 1. The first-order chi connectivity index (χ1) is 13.7. The van der Waals surface area contributed by atoms with Crippen molar-refractivity contribution in [2.24, 2.45) is 0 Å². The van der Waals surface area contributed by atoms with Gasteiger partial charge in [0.2, 0.25) is 10.0 Å². The molecule has 7 nitrogen and oxygen atoms in total. The quantitative estimate of drug-likeness (QED) is 0.605. The third kappa shape index (κ3) is 3.11. The Morgan fingerprint density at radius 3 is 2.69 bits per heavy atom. The Labute approximate surface area is 167 Å². The number of rotatable bonds is 4. The van der Waals surface area contributed by atoms with E-state index >= 15 is 0 Å². The summed E-state index contributed by atoms with van der Waals surface area (Å²) in [6, 6.07) is 7.74. The van der Waals surface area contributed by atoms with Crippen LogP contribution in [0, 0.1) is 13.8 Å².